The van der Waals surface area contributed by atoms with E-state index in [2.05, 4.69) is 51.1 Å². The Morgan fingerprint density at radius 2 is 1.81 bits per heavy atom. The smallest absolute Gasteiger partial charge is 0.202 e. The molecule has 0 aromatic carbocycles. The van der Waals surface area contributed by atoms with Gasteiger partial charge in [-0.1, -0.05) is 23.5 Å². The van der Waals surface area contributed by atoms with E-state index in [0.29, 0.717) is 0 Å². The zero-order valence-corrected chi connectivity index (χ0v) is 17.3. The summed E-state index contributed by atoms with van der Waals surface area (Å²) in [5.74, 6) is -0.282. The third-order valence-corrected chi connectivity index (χ3v) is 14.3. The number of nitrogens with zero attached hydrogens (tertiary/aromatic N) is 2. The second-order valence-electron chi connectivity index (χ2n) is 7.39. The molecule has 0 N–H and O–H groups in total. The Morgan fingerprint density at radius 3 is 2.24 bits per heavy atom. The summed E-state index contributed by atoms with van der Waals surface area (Å²) in [6.07, 6.45) is 0. The summed E-state index contributed by atoms with van der Waals surface area (Å²) in [5, 5.41) is 16.3. The van der Waals surface area contributed by atoms with Gasteiger partial charge >= 0.3 is 0 Å². The third kappa shape index (κ3) is 4.90. The van der Waals surface area contributed by atoms with Crippen molar-refractivity contribution in [2.24, 2.45) is 7.05 Å². The molecule has 1 rings (SSSR count). The van der Waals surface area contributed by atoms with E-state index in [9.17, 15) is 5.11 Å². The molecule has 0 amide bonds. The van der Waals surface area contributed by atoms with Crippen LogP contribution < -0.4 is 15.1 Å². The number of hydrogen-bond acceptors (Lipinski definition) is 4. The van der Waals surface area contributed by atoms with Crippen LogP contribution in [-0.2, 0) is 11.2 Å². The normalized spacial score (nSPS) is 13.5. The highest BCUT2D eigenvalue weighted by molar-refractivity contribution is 6.92. The Kier molecular flexibility index (Phi) is 5.41. The van der Waals surface area contributed by atoms with Gasteiger partial charge in [0.15, 0.2) is 31.8 Å². The van der Waals surface area contributed by atoms with Crippen LogP contribution in [0, 0.1) is 0 Å². The zero-order chi connectivity index (χ0) is 16.5. The van der Waals surface area contributed by atoms with E-state index in [0.717, 1.165) is 17.4 Å². The minimum Gasteiger partial charge on any atom is -0.539 e. The predicted octanol–water partition coefficient (Wildman–Crippen LogP) is 1.64. The van der Waals surface area contributed by atoms with Crippen LogP contribution in [0.1, 0.15) is 0 Å². The second kappa shape index (κ2) is 6.19. The van der Waals surface area contributed by atoms with Crippen LogP contribution in [0.3, 0.4) is 0 Å². The Bertz CT molecular complexity index is 493. The van der Waals surface area contributed by atoms with Crippen LogP contribution in [0.15, 0.2) is 16.8 Å². The summed E-state index contributed by atoms with van der Waals surface area (Å²) in [6, 6.07) is 2.05. The molecule has 1 heterocycles. The summed E-state index contributed by atoms with van der Waals surface area (Å²) < 4.78 is 12.8. The maximum atomic E-state index is 11.8. The maximum Gasteiger partial charge on any atom is 0.202 e. The summed E-state index contributed by atoms with van der Waals surface area (Å²) in [6.45, 7) is 17.1. The Morgan fingerprint density at radius 1 is 1.24 bits per heavy atom. The van der Waals surface area contributed by atoms with Crippen molar-refractivity contribution in [3.63, 3.8) is 0 Å². The quantitative estimate of drug-likeness (QED) is 0.557. The highest BCUT2D eigenvalue weighted by Gasteiger charge is 2.39. The van der Waals surface area contributed by atoms with E-state index >= 15 is 0 Å². The monoisotopic (exact) mass is 344 g/mol. The number of rotatable bonds is 7. The average molecular weight is 345 g/mol. The van der Waals surface area contributed by atoms with Crippen molar-refractivity contribution in [3.8, 4) is 5.95 Å². The molecule has 0 saturated heterocycles. The molecular weight excluding hydrogens is 316 g/mol. The van der Waals surface area contributed by atoms with Crippen LogP contribution in [0.25, 0.3) is 0 Å². The van der Waals surface area contributed by atoms with Gasteiger partial charge in [-0.05, 0) is 38.3 Å². The minimum atomic E-state index is -1.87. The molecule has 0 radical (unpaired) electrons. The van der Waals surface area contributed by atoms with Crippen LogP contribution >= 0.6 is 0 Å². The van der Waals surface area contributed by atoms with Crippen LogP contribution in [0.5, 0.6) is 5.95 Å². The molecule has 0 aliphatic rings. The van der Waals surface area contributed by atoms with Gasteiger partial charge < -0.3 is 13.7 Å². The minimum absolute atomic E-state index is 0.282. The Balaban J connectivity index is 2.80. The van der Waals surface area contributed by atoms with E-state index in [1.165, 1.54) is 0 Å². The molecule has 120 valence electrons. The highest BCUT2D eigenvalue weighted by Crippen LogP contribution is 2.25. The molecule has 1 aromatic heterocycles. The van der Waals surface area contributed by atoms with Crippen LogP contribution in [-0.4, -0.2) is 30.0 Å². The lowest BCUT2D eigenvalue weighted by atomic mass is 10.8. The van der Waals surface area contributed by atoms with Gasteiger partial charge in [0.25, 0.3) is 0 Å². The van der Waals surface area contributed by atoms with Gasteiger partial charge in [0, 0.05) is 0 Å². The Hall–Kier alpha value is -0.709. The van der Waals surface area contributed by atoms with Gasteiger partial charge in [-0.2, -0.15) is 0 Å². The predicted molar refractivity (Wildman–Crippen MR) is 90.1 cm³/mol. The first-order valence-electron chi connectivity index (χ1n) is 7.27. The fourth-order valence-corrected chi connectivity index (χ4v) is 15.7. The molecule has 0 unspecified atom stereocenters. The molecule has 0 spiro atoms. The first-order chi connectivity index (χ1) is 9.40. The molecule has 21 heavy (non-hydrogen) atoms. The molecule has 5 nitrogen and oxygen atoms in total. The standard InChI is InChI=1S/C13H28N2O3Si3/c1-9-20(5,6)18-21(7,8)11-10-19(3,4)12-13(16)17-14-15(12)2/h9H,1,10-11H2,2-8H3. The summed E-state index contributed by atoms with van der Waals surface area (Å²) in [7, 11) is -3.60. The number of hydrogen-bond donors (Lipinski definition) is 0. The summed E-state index contributed by atoms with van der Waals surface area (Å²) in [4.78, 5) is 0. The molecule has 0 fully saturated rings. The molecule has 0 atom stereocenters. The largest absolute Gasteiger partial charge is 0.539 e. The molecule has 0 aliphatic carbocycles. The van der Waals surface area contributed by atoms with Crippen molar-refractivity contribution in [3.05, 3.63) is 12.3 Å². The van der Waals surface area contributed by atoms with E-state index in [4.69, 9.17) is 8.64 Å². The van der Waals surface area contributed by atoms with Crippen molar-refractivity contribution in [1.29, 1.82) is 0 Å². The van der Waals surface area contributed by atoms with Gasteiger partial charge in [-0.15, -0.1) is 6.58 Å². The van der Waals surface area contributed by atoms with Crippen molar-refractivity contribution in [1.82, 2.24) is 5.27 Å². The fourth-order valence-electron chi connectivity index (χ4n) is 2.57. The van der Waals surface area contributed by atoms with Crippen molar-refractivity contribution < 1.29 is 18.4 Å². The molecule has 8 heteroatoms. The maximum absolute atomic E-state index is 11.8. The van der Waals surface area contributed by atoms with E-state index in [-0.39, 0.29) is 5.95 Å². The lowest BCUT2D eigenvalue weighted by molar-refractivity contribution is -0.725. The molecule has 0 saturated carbocycles. The van der Waals surface area contributed by atoms with Gasteiger partial charge in [0.05, 0.1) is 5.27 Å². The van der Waals surface area contributed by atoms with Gasteiger partial charge in [0.1, 0.15) is 5.95 Å². The molecule has 0 aliphatic heterocycles. The van der Waals surface area contributed by atoms with E-state index in [1.54, 1.807) is 11.7 Å². The van der Waals surface area contributed by atoms with Crippen LogP contribution in [0.4, 0.5) is 0 Å². The molecular formula is C13H28N2O3Si3. The number of aromatic nitrogens is 2. The summed E-state index contributed by atoms with van der Waals surface area (Å²) in [5.41, 5.74) is 1.99. The molecule has 0 bridgehead atoms. The average Bonchev–Trinajstić information content (AvgIpc) is 2.66. The summed E-state index contributed by atoms with van der Waals surface area (Å²) >= 11 is 0. The second-order valence-corrected chi connectivity index (χ2v) is 20.6. The molecule has 1 aromatic rings. The van der Waals surface area contributed by atoms with E-state index < -0.39 is 24.7 Å². The lowest BCUT2D eigenvalue weighted by Crippen LogP contribution is -2.60. The first-order valence-corrected chi connectivity index (χ1v) is 16.6. The topological polar surface area (TPSA) is 62.2 Å². The van der Waals surface area contributed by atoms with Gasteiger partial charge in [-0.25, -0.2) is 0 Å². The fraction of sp³-hybridized carbons (Fsp3) is 0.692. The third-order valence-electron chi connectivity index (χ3n) is 3.79. The Labute approximate surface area is 130 Å². The van der Waals surface area contributed by atoms with Crippen molar-refractivity contribution in [2.45, 2.75) is 51.4 Å². The van der Waals surface area contributed by atoms with Crippen LogP contribution in [0.2, 0.25) is 51.4 Å². The number of aryl methyl sites for hydroxylation is 1. The van der Waals surface area contributed by atoms with Crippen molar-refractivity contribution in [2.75, 3.05) is 0 Å². The van der Waals surface area contributed by atoms with Crippen molar-refractivity contribution >= 4 is 30.0 Å². The first kappa shape index (κ1) is 18.3. The zero-order valence-electron chi connectivity index (χ0n) is 14.3. The lowest BCUT2D eigenvalue weighted by Gasteiger charge is -2.33. The van der Waals surface area contributed by atoms with E-state index in [1.807, 2.05) is 5.70 Å². The van der Waals surface area contributed by atoms with Gasteiger partial charge in [-0.3, -0.25) is 0 Å². The highest BCUT2D eigenvalue weighted by atomic mass is 28.4. The SMILES string of the molecule is C=C[Si](C)(C)O[Si](C)(C)CC[Si](C)(C)c1c([O-])on[n+]1C. The van der Waals surface area contributed by atoms with Gasteiger partial charge in [0.2, 0.25) is 5.32 Å².